The molecule has 0 aliphatic heterocycles. The van der Waals surface area contributed by atoms with Crippen LogP contribution in [-0.4, -0.2) is 36.0 Å². The Morgan fingerprint density at radius 2 is 2.05 bits per heavy atom. The first-order chi connectivity index (χ1) is 8.80. The maximum Gasteiger partial charge on any atom is 0.374 e. The number of carbonyl (C=O) groups is 1. The van der Waals surface area contributed by atoms with Gasteiger partial charge in [0.2, 0.25) is 5.76 Å². The van der Waals surface area contributed by atoms with Gasteiger partial charge < -0.3 is 14.7 Å². The first-order valence-electron chi connectivity index (χ1n) is 5.03. The van der Waals surface area contributed by atoms with E-state index in [2.05, 4.69) is 9.68 Å². The molecule has 0 fully saturated rings. The highest BCUT2D eigenvalue weighted by molar-refractivity contribution is 7.90. The van der Waals surface area contributed by atoms with E-state index in [1.165, 1.54) is 18.2 Å². The molecule has 2 N–H and O–H groups in total. The lowest BCUT2D eigenvalue weighted by Crippen LogP contribution is -2.00. The van der Waals surface area contributed by atoms with Gasteiger partial charge in [-0.1, -0.05) is 11.2 Å². The molecular weight excluding hydrogens is 274 g/mol. The van der Waals surface area contributed by atoms with Crippen LogP contribution in [0, 0.1) is 0 Å². The summed E-state index contributed by atoms with van der Waals surface area (Å²) < 4.78 is 27.8. The number of phenols is 1. The summed E-state index contributed by atoms with van der Waals surface area (Å²) in [6.07, 6.45) is 0.976. The molecule has 0 saturated heterocycles. The zero-order chi connectivity index (χ0) is 14.2. The van der Waals surface area contributed by atoms with Crippen LogP contribution in [0.5, 0.6) is 5.75 Å². The lowest BCUT2D eigenvalue weighted by Gasteiger charge is -2.06. The molecule has 100 valence electrons. The van der Waals surface area contributed by atoms with Crippen LogP contribution in [0.4, 0.5) is 0 Å². The van der Waals surface area contributed by atoms with Crippen LogP contribution in [0.25, 0.3) is 11.3 Å². The van der Waals surface area contributed by atoms with Crippen LogP contribution in [0.3, 0.4) is 0 Å². The second kappa shape index (κ2) is 4.39. The SMILES string of the molecule is CS(=O)(=O)c1cccc(O)c1-c1cc(C(=O)O)on1. The van der Waals surface area contributed by atoms with Crippen molar-refractivity contribution in [1.82, 2.24) is 5.16 Å². The van der Waals surface area contributed by atoms with Gasteiger partial charge in [-0.2, -0.15) is 0 Å². The third-order valence-electron chi connectivity index (χ3n) is 2.38. The molecule has 8 heteroatoms. The van der Waals surface area contributed by atoms with E-state index in [0.29, 0.717) is 0 Å². The molecular formula is C11H9NO6S. The predicted molar refractivity (Wildman–Crippen MR) is 63.7 cm³/mol. The fourth-order valence-electron chi connectivity index (χ4n) is 1.58. The maximum absolute atomic E-state index is 11.6. The highest BCUT2D eigenvalue weighted by atomic mass is 32.2. The number of hydrogen-bond acceptors (Lipinski definition) is 6. The van der Waals surface area contributed by atoms with Gasteiger partial charge in [0.05, 0.1) is 10.5 Å². The monoisotopic (exact) mass is 283 g/mol. The Bertz CT molecular complexity index is 746. The second-order valence-electron chi connectivity index (χ2n) is 3.80. The molecule has 0 aliphatic carbocycles. The second-order valence-corrected chi connectivity index (χ2v) is 5.79. The summed E-state index contributed by atoms with van der Waals surface area (Å²) in [5, 5.41) is 22.0. The number of rotatable bonds is 3. The van der Waals surface area contributed by atoms with Crippen molar-refractivity contribution in [3.63, 3.8) is 0 Å². The minimum absolute atomic E-state index is 0.0593. The van der Waals surface area contributed by atoms with Gasteiger partial charge in [-0.25, -0.2) is 13.2 Å². The van der Waals surface area contributed by atoms with Crippen LogP contribution in [0.1, 0.15) is 10.6 Å². The van der Waals surface area contributed by atoms with Crippen molar-refractivity contribution in [2.75, 3.05) is 6.26 Å². The molecule has 1 heterocycles. The molecule has 0 unspecified atom stereocenters. The molecule has 0 bridgehead atoms. The molecule has 0 saturated carbocycles. The Hall–Kier alpha value is -2.35. The number of sulfone groups is 1. The molecule has 2 aromatic rings. The minimum atomic E-state index is -3.60. The summed E-state index contributed by atoms with van der Waals surface area (Å²) in [6.45, 7) is 0. The van der Waals surface area contributed by atoms with Crippen molar-refractivity contribution in [3.8, 4) is 17.0 Å². The number of nitrogens with zero attached hydrogens (tertiary/aromatic N) is 1. The van der Waals surface area contributed by atoms with Gasteiger partial charge >= 0.3 is 5.97 Å². The van der Waals surface area contributed by atoms with Crippen LogP contribution in [0.2, 0.25) is 0 Å². The highest BCUT2D eigenvalue weighted by Gasteiger charge is 2.22. The Labute approximate surface area is 108 Å². The first kappa shape index (κ1) is 13.1. The summed E-state index contributed by atoms with van der Waals surface area (Å²) >= 11 is 0. The molecule has 0 atom stereocenters. The van der Waals surface area contributed by atoms with Gasteiger partial charge in [0.1, 0.15) is 11.4 Å². The van der Waals surface area contributed by atoms with Crippen LogP contribution < -0.4 is 0 Å². The van der Waals surface area contributed by atoms with E-state index < -0.39 is 21.6 Å². The van der Waals surface area contributed by atoms with Crippen LogP contribution in [0.15, 0.2) is 33.7 Å². The Balaban J connectivity index is 2.70. The normalized spacial score (nSPS) is 11.4. The number of carboxylic acid groups (broad SMARTS) is 1. The van der Waals surface area contributed by atoms with Crippen molar-refractivity contribution in [2.24, 2.45) is 0 Å². The third-order valence-corrected chi connectivity index (χ3v) is 3.52. The van der Waals surface area contributed by atoms with Crippen molar-refractivity contribution >= 4 is 15.8 Å². The summed E-state index contributed by atoms with van der Waals surface area (Å²) in [5.74, 6) is -2.11. The number of aromatic carboxylic acids is 1. The molecule has 0 amide bonds. The average molecular weight is 283 g/mol. The van der Waals surface area contributed by atoms with Gasteiger partial charge in [0.25, 0.3) is 0 Å². The van der Waals surface area contributed by atoms with Gasteiger partial charge in [0.15, 0.2) is 9.84 Å². The average Bonchev–Trinajstić information content (AvgIpc) is 2.76. The first-order valence-corrected chi connectivity index (χ1v) is 6.92. The van der Waals surface area contributed by atoms with E-state index in [0.717, 1.165) is 12.3 Å². The van der Waals surface area contributed by atoms with Crippen LogP contribution >= 0.6 is 0 Å². The zero-order valence-electron chi connectivity index (χ0n) is 9.69. The lowest BCUT2D eigenvalue weighted by atomic mass is 10.1. The van der Waals surface area contributed by atoms with Crippen molar-refractivity contribution in [1.29, 1.82) is 0 Å². The largest absolute Gasteiger partial charge is 0.507 e. The van der Waals surface area contributed by atoms with E-state index in [4.69, 9.17) is 5.11 Å². The predicted octanol–water partition coefficient (Wildman–Crippen LogP) is 1.15. The van der Waals surface area contributed by atoms with E-state index in [9.17, 15) is 18.3 Å². The molecule has 7 nitrogen and oxygen atoms in total. The highest BCUT2D eigenvalue weighted by Crippen LogP contribution is 2.34. The smallest absolute Gasteiger partial charge is 0.374 e. The molecule has 19 heavy (non-hydrogen) atoms. The molecule has 0 spiro atoms. The standard InChI is InChI=1S/C11H9NO6S/c1-19(16,17)9-4-2-3-7(13)10(9)6-5-8(11(14)15)18-12-6/h2-5,13H,1H3,(H,14,15). The fraction of sp³-hybridized carbons (Fsp3) is 0.0909. The summed E-state index contributed by atoms with van der Waals surface area (Å²) in [5.41, 5.74) is -0.142. The number of hydrogen-bond donors (Lipinski definition) is 2. The van der Waals surface area contributed by atoms with Crippen LogP contribution in [-0.2, 0) is 9.84 Å². The van der Waals surface area contributed by atoms with Crippen molar-refractivity contribution < 1.29 is 27.9 Å². The summed E-state index contributed by atoms with van der Waals surface area (Å²) in [7, 11) is -3.60. The third kappa shape index (κ3) is 2.43. The van der Waals surface area contributed by atoms with Gasteiger partial charge in [0, 0.05) is 12.3 Å². The molecule has 0 radical (unpaired) electrons. The Morgan fingerprint density at radius 3 is 2.58 bits per heavy atom. The van der Waals surface area contributed by atoms with E-state index in [1.807, 2.05) is 0 Å². The number of aromatic hydroxyl groups is 1. The van der Waals surface area contributed by atoms with Crippen molar-refractivity contribution in [3.05, 3.63) is 30.0 Å². The van der Waals surface area contributed by atoms with Gasteiger partial charge in [-0.15, -0.1) is 0 Å². The van der Waals surface area contributed by atoms with Crippen molar-refractivity contribution in [2.45, 2.75) is 4.90 Å². The van der Waals surface area contributed by atoms with E-state index >= 15 is 0 Å². The maximum atomic E-state index is 11.6. The minimum Gasteiger partial charge on any atom is -0.507 e. The van der Waals surface area contributed by atoms with Gasteiger partial charge in [-0.3, -0.25) is 0 Å². The number of aromatic nitrogens is 1. The zero-order valence-corrected chi connectivity index (χ0v) is 10.5. The summed E-state index contributed by atoms with van der Waals surface area (Å²) in [4.78, 5) is 10.5. The van der Waals surface area contributed by atoms with E-state index in [1.54, 1.807) is 0 Å². The number of carboxylic acids is 1. The Morgan fingerprint density at radius 1 is 1.37 bits per heavy atom. The molecule has 2 rings (SSSR count). The van der Waals surface area contributed by atoms with E-state index in [-0.39, 0.29) is 21.9 Å². The number of phenolic OH excluding ortho intramolecular Hbond substituents is 1. The molecule has 1 aromatic heterocycles. The topological polar surface area (TPSA) is 118 Å². The lowest BCUT2D eigenvalue weighted by molar-refractivity contribution is 0.0652. The quantitative estimate of drug-likeness (QED) is 0.867. The van der Waals surface area contributed by atoms with Gasteiger partial charge in [-0.05, 0) is 12.1 Å². The fourth-order valence-corrected chi connectivity index (χ4v) is 2.49. The Kier molecular flexibility index (Phi) is 3.03. The molecule has 1 aromatic carbocycles. The summed E-state index contributed by atoms with van der Waals surface area (Å²) in [6, 6.07) is 4.98. The molecule has 0 aliphatic rings. The number of benzene rings is 1.